The molecule has 3 unspecified atom stereocenters. The number of unbranched alkanes of at least 4 members (excludes halogenated alkanes) is 27. The molecule has 0 radical (unpaired) electrons. The van der Waals surface area contributed by atoms with Crippen LogP contribution in [0.25, 0.3) is 0 Å². The average Bonchev–Trinajstić information content (AvgIpc) is 3.31. The summed E-state index contributed by atoms with van der Waals surface area (Å²) < 4.78 is 30.2. The van der Waals surface area contributed by atoms with Crippen molar-refractivity contribution in [1.29, 1.82) is 0 Å². The molecule has 0 rings (SSSR count). The first-order valence-corrected chi connectivity index (χ1v) is 30.1. The lowest BCUT2D eigenvalue weighted by Crippen LogP contribution is -2.47. The maximum Gasteiger partial charge on any atom is 0.306 e. The Labute approximate surface area is 426 Å². The normalized spacial score (nSPS) is 14.2. The van der Waals surface area contributed by atoms with E-state index in [9.17, 15) is 19.0 Å². The van der Waals surface area contributed by atoms with Crippen molar-refractivity contribution in [2.24, 2.45) is 0 Å². The largest absolute Gasteiger partial charge is 0.756 e. The first-order valence-electron chi connectivity index (χ1n) is 28.6. The molecule has 1 amide bonds. The van der Waals surface area contributed by atoms with Crippen molar-refractivity contribution in [2.75, 3.05) is 40.9 Å². The summed E-state index contributed by atoms with van der Waals surface area (Å²) in [6.07, 6.45) is 60.4. The molecule has 0 aliphatic rings. The number of phosphoric acid groups is 1. The van der Waals surface area contributed by atoms with Crippen molar-refractivity contribution in [1.82, 2.24) is 5.32 Å². The van der Waals surface area contributed by atoms with Gasteiger partial charge in [0.15, 0.2) is 0 Å². The van der Waals surface area contributed by atoms with E-state index in [0.717, 1.165) is 77.0 Å². The number of likely N-dealkylation sites (N-methyl/N-ethyl adjacent to an activating group) is 1. The summed E-state index contributed by atoms with van der Waals surface area (Å²) in [5, 5.41) is 3.01. The van der Waals surface area contributed by atoms with Crippen LogP contribution in [0.4, 0.5) is 0 Å². The summed E-state index contributed by atoms with van der Waals surface area (Å²) in [6, 6.07) is -0.899. The molecule has 0 fully saturated rings. The lowest BCUT2D eigenvalue weighted by atomic mass is 10.0. The van der Waals surface area contributed by atoms with Crippen molar-refractivity contribution in [3.8, 4) is 0 Å². The van der Waals surface area contributed by atoms with Crippen LogP contribution in [-0.2, 0) is 27.9 Å². The zero-order valence-electron chi connectivity index (χ0n) is 45.8. The van der Waals surface area contributed by atoms with Gasteiger partial charge in [0, 0.05) is 12.8 Å². The Hall–Kier alpha value is -2.29. The highest BCUT2D eigenvalue weighted by molar-refractivity contribution is 7.45. The summed E-state index contributed by atoms with van der Waals surface area (Å²) in [4.78, 5) is 39.8. The van der Waals surface area contributed by atoms with Gasteiger partial charge in [0.2, 0.25) is 5.91 Å². The Balaban J connectivity index is 5.36. The Bertz CT molecular complexity index is 1370. The highest BCUT2D eigenvalue weighted by atomic mass is 31.2. The zero-order valence-corrected chi connectivity index (χ0v) is 46.7. The van der Waals surface area contributed by atoms with Crippen LogP contribution in [0.15, 0.2) is 60.8 Å². The molecule has 69 heavy (non-hydrogen) atoms. The number of ether oxygens (including phenoxy) is 1. The van der Waals surface area contributed by atoms with E-state index in [1.807, 2.05) is 33.3 Å². The van der Waals surface area contributed by atoms with E-state index in [4.69, 9.17) is 13.8 Å². The van der Waals surface area contributed by atoms with E-state index in [0.29, 0.717) is 23.9 Å². The van der Waals surface area contributed by atoms with Crippen LogP contribution in [0.5, 0.6) is 0 Å². The first kappa shape index (κ1) is 66.7. The van der Waals surface area contributed by atoms with Crippen LogP contribution in [0.2, 0.25) is 0 Å². The third-order valence-electron chi connectivity index (χ3n) is 12.5. The minimum Gasteiger partial charge on any atom is -0.756 e. The van der Waals surface area contributed by atoms with Gasteiger partial charge in [-0.1, -0.05) is 223 Å². The predicted molar refractivity (Wildman–Crippen MR) is 293 cm³/mol. The highest BCUT2D eigenvalue weighted by Gasteiger charge is 2.27. The van der Waals surface area contributed by atoms with Crippen molar-refractivity contribution in [3.63, 3.8) is 0 Å². The van der Waals surface area contributed by atoms with E-state index >= 15 is 0 Å². The Morgan fingerprint density at radius 3 is 1.36 bits per heavy atom. The SMILES string of the molecule is CCCCC/C=C\C/C=C\C/C=C\C/C=C\CCCCCC(=O)OC(/C=C/CCCCCCCCCCC)C(COP(=O)([O-])OCC[N+](C)(C)C)NC(=O)CCCCCCCCCCCCCCC. The minimum absolute atomic E-state index is 0.0280. The van der Waals surface area contributed by atoms with Crippen molar-refractivity contribution >= 4 is 19.7 Å². The fourth-order valence-electron chi connectivity index (χ4n) is 7.97. The fourth-order valence-corrected chi connectivity index (χ4v) is 8.70. The third kappa shape index (κ3) is 50.4. The third-order valence-corrected chi connectivity index (χ3v) is 13.4. The smallest absolute Gasteiger partial charge is 0.306 e. The lowest BCUT2D eigenvalue weighted by Gasteiger charge is -2.30. The summed E-state index contributed by atoms with van der Waals surface area (Å²) in [5.41, 5.74) is 0. The van der Waals surface area contributed by atoms with Crippen LogP contribution in [0.3, 0.4) is 0 Å². The molecule has 0 aromatic rings. The van der Waals surface area contributed by atoms with Crippen LogP contribution >= 0.6 is 7.82 Å². The molecule has 0 aliphatic carbocycles. The topological polar surface area (TPSA) is 114 Å². The number of rotatable bonds is 51. The molecule has 0 bridgehead atoms. The van der Waals surface area contributed by atoms with Gasteiger partial charge in [0.1, 0.15) is 19.3 Å². The Morgan fingerprint density at radius 2 is 0.884 bits per heavy atom. The molecule has 0 aromatic carbocycles. The van der Waals surface area contributed by atoms with Crippen molar-refractivity contribution in [2.45, 2.75) is 264 Å². The number of hydrogen-bond acceptors (Lipinski definition) is 7. The molecule has 0 saturated carbocycles. The fraction of sp³-hybridized carbons (Fsp3) is 0.797. The van der Waals surface area contributed by atoms with Gasteiger partial charge in [-0.25, -0.2) is 0 Å². The Morgan fingerprint density at radius 1 is 0.507 bits per heavy atom. The number of phosphoric ester groups is 1. The van der Waals surface area contributed by atoms with E-state index in [1.165, 1.54) is 135 Å². The second-order valence-electron chi connectivity index (χ2n) is 20.4. The summed E-state index contributed by atoms with van der Waals surface area (Å²) >= 11 is 0. The number of hydrogen-bond donors (Lipinski definition) is 1. The van der Waals surface area contributed by atoms with Gasteiger partial charge in [-0.15, -0.1) is 0 Å². The van der Waals surface area contributed by atoms with Crippen LogP contribution in [0, 0.1) is 0 Å². The van der Waals surface area contributed by atoms with Gasteiger partial charge in [0.25, 0.3) is 7.82 Å². The van der Waals surface area contributed by atoms with E-state index in [1.54, 1.807) is 0 Å². The number of allylic oxidation sites excluding steroid dienone is 9. The summed E-state index contributed by atoms with van der Waals surface area (Å²) in [6.45, 7) is 6.78. The number of carbonyl (C=O) groups is 2. The molecule has 10 heteroatoms. The first-order chi connectivity index (χ1) is 33.4. The van der Waals surface area contributed by atoms with Crippen molar-refractivity contribution < 1.29 is 37.3 Å². The molecule has 0 heterocycles. The number of nitrogens with zero attached hydrogens (tertiary/aromatic N) is 1. The molecule has 0 saturated heterocycles. The number of carbonyl (C=O) groups excluding carboxylic acids is 2. The van der Waals surface area contributed by atoms with E-state index in [2.05, 4.69) is 74.7 Å². The Kier molecular flexibility index (Phi) is 47.7. The second-order valence-corrected chi connectivity index (χ2v) is 21.9. The van der Waals surface area contributed by atoms with Crippen LogP contribution in [0.1, 0.15) is 252 Å². The lowest BCUT2D eigenvalue weighted by molar-refractivity contribution is -0.870. The average molecular weight is 990 g/mol. The van der Waals surface area contributed by atoms with Gasteiger partial charge in [0.05, 0.1) is 33.8 Å². The van der Waals surface area contributed by atoms with Gasteiger partial charge < -0.3 is 28.5 Å². The number of amides is 1. The number of nitrogens with one attached hydrogen (secondary N) is 1. The summed E-state index contributed by atoms with van der Waals surface area (Å²) in [5.74, 6) is -0.575. The van der Waals surface area contributed by atoms with E-state index < -0.39 is 26.6 Å². The van der Waals surface area contributed by atoms with Gasteiger partial charge >= 0.3 is 5.97 Å². The van der Waals surface area contributed by atoms with E-state index in [-0.39, 0.29) is 24.9 Å². The molecule has 9 nitrogen and oxygen atoms in total. The van der Waals surface area contributed by atoms with Crippen LogP contribution in [-0.4, -0.2) is 69.4 Å². The molecule has 0 aliphatic heterocycles. The molecule has 1 N–H and O–H groups in total. The standard InChI is InChI=1S/C59H109N2O7P/c1-7-10-13-16-19-22-25-27-28-29-30-31-32-34-37-40-43-46-49-52-59(63)68-57(50-47-44-41-38-35-24-21-18-15-12-9-3)56(55-67-69(64,65)66-54-53-61(4,5)6)60-58(62)51-48-45-42-39-36-33-26-23-20-17-14-11-8-2/h19,22,27-28,30-31,34,37,47,50,56-57H,7-18,20-21,23-26,29,32-33,35-36,38-46,48-49,51-55H2,1-6H3,(H-,60,62,64,65)/b22-19-,28-27-,31-30-,37-34-,50-47+. The zero-order chi connectivity index (χ0) is 50.8. The minimum atomic E-state index is -4.70. The van der Waals surface area contributed by atoms with Gasteiger partial charge in [-0.2, -0.15) is 0 Å². The summed E-state index contributed by atoms with van der Waals surface area (Å²) in [7, 11) is 1.17. The molecular weight excluding hydrogens is 880 g/mol. The molecular formula is C59H109N2O7P. The quantitative estimate of drug-likeness (QED) is 0.0212. The van der Waals surface area contributed by atoms with Crippen molar-refractivity contribution in [3.05, 3.63) is 60.8 Å². The van der Waals surface area contributed by atoms with Gasteiger partial charge in [-0.3, -0.25) is 14.2 Å². The monoisotopic (exact) mass is 989 g/mol. The number of quaternary nitrogens is 1. The second kappa shape index (κ2) is 49.3. The molecule has 0 spiro atoms. The highest BCUT2D eigenvalue weighted by Crippen LogP contribution is 2.38. The molecule has 3 atom stereocenters. The predicted octanol–water partition coefficient (Wildman–Crippen LogP) is 16.5. The van der Waals surface area contributed by atoms with Gasteiger partial charge in [-0.05, 0) is 76.7 Å². The molecule has 0 aromatic heterocycles. The maximum atomic E-state index is 13.4. The van der Waals surface area contributed by atoms with Crippen LogP contribution < -0.4 is 10.2 Å². The molecule has 402 valence electrons. The number of esters is 1. The maximum absolute atomic E-state index is 13.4.